The number of likely N-dealkylation sites (tertiary alicyclic amines) is 1. The molecule has 3 rings (SSSR count). The predicted octanol–water partition coefficient (Wildman–Crippen LogP) is 2.65. The number of aromatic hydroxyl groups is 1. The molecule has 136 valence electrons. The standard InChI is InChI=1S/C20H22N2O4/c23-18-9-5-4-8-17(18)21-20(25)15-10-12-22(13-11-15)19(24)14-26-16-6-2-1-3-7-16/h1-9,15,23H,10-14H2,(H,21,25). The number of para-hydroxylation sites is 3. The van der Waals surface area contributed by atoms with E-state index in [0.717, 1.165) is 0 Å². The van der Waals surface area contributed by atoms with Gasteiger partial charge in [0, 0.05) is 19.0 Å². The minimum absolute atomic E-state index is 0.00123. The molecule has 2 N–H and O–H groups in total. The topological polar surface area (TPSA) is 78.9 Å². The number of nitrogens with one attached hydrogen (secondary N) is 1. The SMILES string of the molecule is O=C(Nc1ccccc1O)C1CCN(C(=O)COc2ccccc2)CC1. The van der Waals surface area contributed by atoms with Crippen molar-refractivity contribution >= 4 is 17.5 Å². The molecule has 0 radical (unpaired) electrons. The summed E-state index contributed by atoms with van der Waals surface area (Å²) in [6, 6.07) is 15.9. The molecule has 0 saturated carbocycles. The Morgan fingerprint density at radius 3 is 2.38 bits per heavy atom. The van der Waals surface area contributed by atoms with Crippen LogP contribution >= 0.6 is 0 Å². The van der Waals surface area contributed by atoms with E-state index in [0.29, 0.717) is 37.4 Å². The van der Waals surface area contributed by atoms with Gasteiger partial charge in [0.05, 0.1) is 5.69 Å². The lowest BCUT2D eigenvalue weighted by atomic mass is 9.95. The van der Waals surface area contributed by atoms with Crippen molar-refractivity contribution in [3.05, 3.63) is 54.6 Å². The predicted molar refractivity (Wildman–Crippen MR) is 98.0 cm³/mol. The van der Waals surface area contributed by atoms with Gasteiger partial charge in [0.1, 0.15) is 11.5 Å². The summed E-state index contributed by atoms with van der Waals surface area (Å²) in [4.78, 5) is 26.3. The maximum Gasteiger partial charge on any atom is 0.260 e. The first kappa shape index (κ1) is 17.8. The number of ether oxygens (including phenoxy) is 1. The Bertz CT molecular complexity index is 755. The van der Waals surface area contributed by atoms with E-state index in [9.17, 15) is 14.7 Å². The van der Waals surface area contributed by atoms with Crippen LogP contribution in [0.4, 0.5) is 5.69 Å². The van der Waals surface area contributed by atoms with Crippen molar-refractivity contribution < 1.29 is 19.4 Å². The summed E-state index contributed by atoms with van der Waals surface area (Å²) in [6.07, 6.45) is 1.19. The van der Waals surface area contributed by atoms with Crippen molar-refractivity contribution in [2.45, 2.75) is 12.8 Å². The van der Waals surface area contributed by atoms with Crippen LogP contribution in [0.15, 0.2) is 54.6 Å². The second-order valence-electron chi connectivity index (χ2n) is 6.26. The number of rotatable bonds is 5. The van der Waals surface area contributed by atoms with Crippen molar-refractivity contribution in [1.82, 2.24) is 4.90 Å². The molecule has 1 aliphatic rings. The third-order valence-electron chi connectivity index (χ3n) is 4.49. The fourth-order valence-electron chi connectivity index (χ4n) is 2.96. The molecule has 0 aliphatic carbocycles. The van der Waals surface area contributed by atoms with Crippen molar-refractivity contribution in [1.29, 1.82) is 0 Å². The molecule has 0 spiro atoms. The number of anilines is 1. The number of nitrogens with zero attached hydrogens (tertiary/aromatic N) is 1. The molecule has 2 aromatic rings. The van der Waals surface area contributed by atoms with Crippen molar-refractivity contribution in [3.63, 3.8) is 0 Å². The third-order valence-corrected chi connectivity index (χ3v) is 4.49. The van der Waals surface area contributed by atoms with Gasteiger partial charge < -0.3 is 20.1 Å². The minimum atomic E-state index is -0.173. The highest BCUT2D eigenvalue weighted by Crippen LogP contribution is 2.24. The van der Waals surface area contributed by atoms with E-state index in [1.807, 2.05) is 30.3 Å². The van der Waals surface area contributed by atoms with E-state index in [4.69, 9.17) is 4.74 Å². The maximum atomic E-state index is 12.4. The van der Waals surface area contributed by atoms with E-state index in [2.05, 4.69) is 5.32 Å². The van der Waals surface area contributed by atoms with Gasteiger partial charge in [0.15, 0.2) is 6.61 Å². The lowest BCUT2D eigenvalue weighted by molar-refractivity contribution is -0.136. The summed E-state index contributed by atoms with van der Waals surface area (Å²) in [5, 5.41) is 12.5. The first-order valence-corrected chi connectivity index (χ1v) is 8.68. The van der Waals surface area contributed by atoms with E-state index in [-0.39, 0.29) is 30.1 Å². The smallest absolute Gasteiger partial charge is 0.260 e. The molecule has 2 amide bonds. The minimum Gasteiger partial charge on any atom is -0.506 e. The molecule has 26 heavy (non-hydrogen) atoms. The zero-order valence-electron chi connectivity index (χ0n) is 14.4. The average molecular weight is 354 g/mol. The quantitative estimate of drug-likeness (QED) is 0.809. The summed E-state index contributed by atoms with van der Waals surface area (Å²) >= 11 is 0. The molecule has 0 bridgehead atoms. The van der Waals surface area contributed by atoms with E-state index in [1.165, 1.54) is 6.07 Å². The van der Waals surface area contributed by atoms with Crippen molar-refractivity contribution in [2.24, 2.45) is 5.92 Å². The van der Waals surface area contributed by atoms with Gasteiger partial charge in [0.2, 0.25) is 5.91 Å². The van der Waals surface area contributed by atoms with E-state index >= 15 is 0 Å². The van der Waals surface area contributed by atoms with Crippen LogP contribution in [0, 0.1) is 5.92 Å². The molecular formula is C20H22N2O4. The fourth-order valence-corrected chi connectivity index (χ4v) is 2.96. The van der Waals surface area contributed by atoms with Crippen molar-refractivity contribution in [2.75, 3.05) is 25.0 Å². The van der Waals surface area contributed by atoms with Gasteiger partial charge in [0.25, 0.3) is 5.91 Å². The molecule has 6 nitrogen and oxygen atoms in total. The van der Waals surface area contributed by atoms with E-state index in [1.54, 1.807) is 23.1 Å². The molecule has 1 saturated heterocycles. The number of phenolic OH excluding ortho intramolecular Hbond substituents is 1. The van der Waals surface area contributed by atoms with Crippen molar-refractivity contribution in [3.8, 4) is 11.5 Å². The molecule has 0 unspecified atom stereocenters. The number of hydrogen-bond donors (Lipinski definition) is 2. The normalized spacial score (nSPS) is 14.7. The van der Waals surface area contributed by atoms with Crippen LogP contribution in [-0.4, -0.2) is 41.5 Å². The Morgan fingerprint density at radius 2 is 1.69 bits per heavy atom. The van der Waals surface area contributed by atoms with Gasteiger partial charge in [-0.05, 0) is 37.1 Å². The summed E-state index contributed by atoms with van der Waals surface area (Å²) in [5.74, 6) is 0.338. The highest BCUT2D eigenvalue weighted by molar-refractivity contribution is 5.94. The first-order chi connectivity index (χ1) is 12.6. The number of benzene rings is 2. The number of phenols is 1. The maximum absolute atomic E-state index is 12.4. The zero-order valence-corrected chi connectivity index (χ0v) is 14.4. The molecule has 0 aromatic heterocycles. The number of carbonyl (C=O) groups is 2. The third kappa shape index (κ3) is 4.53. The number of piperidine rings is 1. The highest BCUT2D eigenvalue weighted by atomic mass is 16.5. The summed E-state index contributed by atoms with van der Waals surface area (Å²) in [5.41, 5.74) is 0.410. The van der Waals surface area contributed by atoms with Gasteiger partial charge in [-0.2, -0.15) is 0 Å². The van der Waals surface area contributed by atoms with Crippen LogP contribution in [0.1, 0.15) is 12.8 Å². The Balaban J connectivity index is 1.45. The molecule has 0 atom stereocenters. The van der Waals surface area contributed by atoms with Gasteiger partial charge in [-0.3, -0.25) is 9.59 Å². The molecule has 1 aliphatic heterocycles. The largest absolute Gasteiger partial charge is 0.506 e. The lowest BCUT2D eigenvalue weighted by Gasteiger charge is -2.31. The lowest BCUT2D eigenvalue weighted by Crippen LogP contribution is -2.43. The molecule has 2 aromatic carbocycles. The van der Waals surface area contributed by atoms with Gasteiger partial charge >= 0.3 is 0 Å². The van der Waals surface area contributed by atoms with Crippen LogP contribution < -0.4 is 10.1 Å². The summed E-state index contributed by atoms with van der Waals surface area (Å²) in [6.45, 7) is 1.05. The van der Waals surface area contributed by atoms with Crippen LogP contribution in [0.25, 0.3) is 0 Å². The number of hydrogen-bond acceptors (Lipinski definition) is 4. The van der Waals surface area contributed by atoms with Gasteiger partial charge in [-0.25, -0.2) is 0 Å². The van der Waals surface area contributed by atoms with Crippen LogP contribution in [0.5, 0.6) is 11.5 Å². The Morgan fingerprint density at radius 1 is 1.04 bits per heavy atom. The number of amides is 2. The highest BCUT2D eigenvalue weighted by Gasteiger charge is 2.27. The summed E-state index contributed by atoms with van der Waals surface area (Å²) < 4.78 is 5.49. The van der Waals surface area contributed by atoms with Gasteiger partial charge in [-0.15, -0.1) is 0 Å². The Hall–Kier alpha value is -3.02. The molecule has 1 heterocycles. The summed E-state index contributed by atoms with van der Waals surface area (Å²) in [7, 11) is 0. The molecule has 1 fully saturated rings. The second-order valence-corrected chi connectivity index (χ2v) is 6.26. The average Bonchev–Trinajstić information content (AvgIpc) is 2.69. The van der Waals surface area contributed by atoms with E-state index < -0.39 is 0 Å². The monoisotopic (exact) mass is 354 g/mol. The number of carbonyl (C=O) groups excluding carboxylic acids is 2. The van der Waals surface area contributed by atoms with Crippen LogP contribution in [-0.2, 0) is 9.59 Å². The zero-order chi connectivity index (χ0) is 18.4. The van der Waals surface area contributed by atoms with Gasteiger partial charge in [-0.1, -0.05) is 30.3 Å². The van der Waals surface area contributed by atoms with Crippen LogP contribution in [0.2, 0.25) is 0 Å². The Kier molecular flexibility index (Phi) is 5.73. The first-order valence-electron chi connectivity index (χ1n) is 8.68. The van der Waals surface area contributed by atoms with Crippen LogP contribution in [0.3, 0.4) is 0 Å². The fraction of sp³-hybridized carbons (Fsp3) is 0.300. The Labute approximate surface area is 152 Å². The molecular weight excluding hydrogens is 332 g/mol. The second kappa shape index (κ2) is 8.38. The molecule has 6 heteroatoms.